The van der Waals surface area contributed by atoms with Gasteiger partial charge in [-0.05, 0) is 48.4 Å². The molecule has 1 fully saturated rings. The van der Waals surface area contributed by atoms with Crippen molar-refractivity contribution in [1.29, 1.82) is 0 Å². The second kappa shape index (κ2) is 5.24. The Hall–Kier alpha value is -1.89. The predicted octanol–water partition coefficient (Wildman–Crippen LogP) is 2.21. The third-order valence-corrected chi connectivity index (χ3v) is 4.18. The highest BCUT2D eigenvalue weighted by atomic mass is 32.2. The highest BCUT2D eigenvalue weighted by molar-refractivity contribution is 7.98. The summed E-state index contributed by atoms with van der Waals surface area (Å²) in [6.45, 7) is 1.51. The third-order valence-electron chi connectivity index (χ3n) is 3.20. The maximum Gasteiger partial charge on any atom is 0.209 e. The van der Waals surface area contributed by atoms with E-state index in [-0.39, 0.29) is 11.5 Å². The maximum atomic E-state index is 11.4. The van der Waals surface area contributed by atoms with Crippen LogP contribution >= 0.6 is 11.8 Å². The molecule has 1 aromatic carbocycles. The molecule has 1 aliphatic carbocycles. The zero-order valence-corrected chi connectivity index (χ0v) is 11.8. The van der Waals surface area contributed by atoms with Crippen LogP contribution in [0.3, 0.4) is 0 Å². The van der Waals surface area contributed by atoms with E-state index >= 15 is 0 Å². The van der Waals surface area contributed by atoms with Gasteiger partial charge < -0.3 is 5.11 Å². The Morgan fingerprint density at radius 2 is 2.30 bits per heavy atom. The van der Waals surface area contributed by atoms with Crippen LogP contribution in [-0.4, -0.2) is 31.1 Å². The summed E-state index contributed by atoms with van der Waals surface area (Å²) in [7, 11) is 0. The topological polar surface area (TPSA) is 80.9 Å². The predicted molar refractivity (Wildman–Crippen MR) is 73.8 cm³/mol. The first-order valence-electron chi connectivity index (χ1n) is 6.38. The van der Waals surface area contributed by atoms with Gasteiger partial charge in [0.15, 0.2) is 5.78 Å². The van der Waals surface area contributed by atoms with Gasteiger partial charge in [-0.1, -0.05) is 11.8 Å². The average molecular weight is 290 g/mol. The van der Waals surface area contributed by atoms with Crippen LogP contribution in [0.4, 0.5) is 0 Å². The van der Waals surface area contributed by atoms with Gasteiger partial charge in [0.25, 0.3) is 0 Å². The van der Waals surface area contributed by atoms with Gasteiger partial charge in [-0.3, -0.25) is 4.79 Å². The largest absolute Gasteiger partial charge is 0.508 e. The van der Waals surface area contributed by atoms with Crippen molar-refractivity contribution in [3.8, 4) is 5.75 Å². The third kappa shape index (κ3) is 2.67. The van der Waals surface area contributed by atoms with Crippen LogP contribution in [0, 0.1) is 0 Å². The van der Waals surface area contributed by atoms with Crippen molar-refractivity contribution < 1.29 is 9.90 Å². The molecule has 2 aromatic rings. The van der Waals surface area contributed by atoms with Gasteiger partial charge in [-0.2, -0.15) is 0 Å². The lowest BCUT2D eigenvalue weighted by Gasteiger charge is -2.06. The molecule has 0 bridgehead atoms. The van der Waals surface area contributed by atoms with E-state index in [2.05, 4.69) is 15.5 Å². The van der Waals surface area contributed by atoms with Crippen molar-refractivity contribution in [3.63, 3.8) is 0 Å². The van der Waals surface area contributed by atoms with E-state index < -0.39 is 0 Å². The van der Waals surface area contributed by atoms with Crippen LogP contribution in [0.2, 0.25) is 0 Å². The summed E-state index contributed by atoms with van der Waals surface area (Å²) in [6, 6.07) is 5.32. The number of phenolic OH excluding ortho intramolecular Hbond substituents is 1. The zero-order valence-electron chi connectivity index (χ0n) is 11.0. The van der Waals surface area contributed by atoms with Gasteiger partial charge in [0.05, 0.1) is 6.04 Å². The van der Waals surface area contributed by atoms with E-state index in [1.165, 1.54) is 18.7 Å². The molecule has 0 amide bonds. The van der Waals surface area contributed by atoms with Crippen molar-refractivity contribution in [2.75, 3.05) is 0 Å². The van der Waals surface area contributed by atoms with E-state index in [0.29, 0.717) is 22.9 Å². The van der Waals surface area contributed by atoms with Crippen LogP contribution in [0.5, 0.6) is 5.75 Å². The summed E-state index contributed by atoms with van der Waals surface area (Å²) >= 11 is 1.47. The lowest BCUT2D eigenvalue weighted by Crippen LogP contribution is -1.99. The van der Waals surface area contributed by atoms with Crippen LogP contribution in [0.1, 0.15) is 41.7 Å². The first kappa shape index (κ1) is 13.1. The van der Waals surface area contributed by atoms with E-state index in [1.807, 2.05) is 4.68 Å². The van der Waals surface area contributed by atoms with E-state index in [1.54, 1.807) is 18.2 Å². The van der Waals surface area contributed by atoms with Gasteiger partial charge >= 0.3 is 0 Å². The van der Waals surface area contributed by atoms with Crippen molar-refractivity contribution in [2.45, 2.75) is 36.7 Å². The van der Waals surface area contributed by atoms with E-state index in [4.69, 9.17) is 0 Å². The minimum absolute atomic E-state index is 0.0148. The van der Waals surface area contributed by atoms with E-state index in [9.17, 15) is 9.90 Å². The van der Waals surface area contributed by atoms with Crippen molar-refractivity contribution in [2.24, 2.45) is 0 Å². The summed E-state index contributed by atoms with van der Waals surface area (Å²) < 4.78 is 1.83. The number of Topliss-reactive ketones (excluding diaryl/α,β-unsaturated/α-hetero) is 1. The van der Waals surface area contributed by atoms with E-state index in [0.717, 1.165) is 18.0 Å². The second-order valence-electron chi connectivity index (χ2n) is 4.83. The molecule has 1 aromatic heterocycles. The highest BCUT2D eigenvalue weighted by Crippen LogP contribution is 2.37. The lowest BCUT2D eigenvalue weighted by atomic mass is 10.1. The Labute approximate surface area is 120 Å². The quantitative estimate of drug-likeness (QED) is 0.671. The number of rotatable bonds is 5. The Bertz CT molecular complexity index is 652. The molecular formula is C13H14N4O2S. The molecule has 0 atom stereocenters. The monoisotopic (exact) mass is 290 g/mol. The number of ketones is 1. The van der Waals surface area contributed by atoms with Crippen LogP contribution < -0.4 is 0 Å². The molecule has 0 unspecified atom stereocenters. The maximum absolute atomic E-state index is 11.4. The number of benzene rings is 1. The number of carbonyl (C=O) groups is 1. The fourth-order valence-electron chi connectivity index (χ4n) is 1.89. The number of aromatic hydroxyl groups is 1. The first-order valence-corrected chi connectivity index (χ1v) is 7.37. The summed E-state index contributed by atoms with van der Waals surface area (Å²) in [6.07, 6.45) is 2.23. The minimum Gasteiger partial charge on any atom is -0.508 e. The SMILES string of the molecule is CC(=O)c1ccc(O)c(CSc2nnnn2C2CC2)c1. The van der Waals surface area contributed by atoms with Gasteiger partial charge in [-0.15, -0.1) is 5.10 Å². The highest BCUT2D eigenvalue weighted by Gasteiger charge is 2.27. The molecule has 20 heavy (non-hydrogen) atoms. The van der Waals surface area contributed by atoms with Gasteiger partial charge in [-0.25, -0.2) is 4.68 Å². The molecule has 0 spiro atoms. The number of tetrazole rings is 1. The van der Waals surface area contributed by atoms with Crippen LogP contribution in [0.15, 0.2) is 23.4 Å². The molecule has 1 saturated carbocycles. The lowest BCUT2D eigenvalue weighted by molar-refractivity contribution is 0.101. The van der Waals surface area contributed by atoms with Gasteiger partial charge in [0.1, 0.15) is 5.75 Å². The number of thioether (sulfide) groups is 1. The number of nitrogens with zero attached hydrogens (tertiary/aromatic N) is 4. The Morgan fingerprint density at radius 3 is 3.00 bits per heavy atom. The Morgan fingerprint density at radius 1 is 1.50 bits per heavy atom. The zero-order chi connectivity index (χ0) is 14.1. The molecule has 0 radical (unpaired) electrons. The molecule has 1 heterocycles. The molecule has 104 valence electrons. The molecule has 7 heteroatoms. The smallest absolute Gasteiger partial charge is 0.209 e. The summed E-state index contributed by atoms with van der Waals surface area (Å²) in [5.74, 6) is 0.701. The standard InChI is InChI=1S/C13H14N4O2S/c1-8(18)9-2-5-12(19)10(6-9)7-20-13-14-15-16-17(13)11-3-4-11/h2,5-6,11,19H,3-4,7H2,1H3. The summed E-state index contributed by atoms with van der Waals surface area (Å²) in [4.78, 5) is 11.4. The fourth-order valence-corrected chi connectivity index (χ4v) is 2.82. The molecular weight excluding hydrogens is 276 g/mol. The van der Waals surface area contributed by atoms with Gasteiger partial charge in [0.2, 0.25) is 5.16 Å². The normalized spacial score (nSPS) is 14.4. The average Bonchev–Trinajstić information content (AvgIpc) is 3.17. The summed E-state index contributed by atoms with van der Waals surface area (Å²) in [5.41, 5.74) is 1.31. The van der Waals surface area contributed by atoms with Gasteiger partial charge in [0, 0.05) is 16.9 Å². The number of carbonyl (C=O) groups excluding carboxylic acids is 1. The molecule has 6 nitrogen and oxygen atoms in total. The molecule has 0 saturated heterocycles. The number of hydrogen-bond donors (Lipinski definition) is 1. The number of phenols is 1. The molecule has 3 rings (SSSR count). The fraction of sp³-hybridized carbons (Fsp3) is 0.385. The molecule has 1 aliphatic rings. The Kier molecular flexibility index (Phi) is 3.43. The number of aromatic nitrogens is 4. The minimum atomic E-state index is -0.0148. The van der Waals surface area contributed by atoms with Crippen LogP contribution in [0.25, 0.3) is 0 Å². The second-order valence-corrected chi connectivity index (χ2v) is 5.77. The van der Waals surface area contributed by atoms with Crippen LogP contribution in [-0.2, 0) is 5.75 Å². The van der Waals surface area contributed by atoms with Crippen molar-refractivity contribution in [3.05, 3.63) is 29.3 Å². The summed E-state index contributed by atoms with van der Waals surface area (Å²) in [5, 5.41) is 22.3. The molecule has 1 N–H and O–H groups in total. The Balaban J connectivity index is 1.75. The molecule has 0 aliphatic heterocycles. The number of hydrogen-bond acceptors (Lipinski definition) is 6. The first-order chi connectivity index (χ1) is 9.65. The van der Waals surface area contributed by atoms with Crippen molar-refractivity contribution in [1.82, 2.24) is 20.2 Å². The van der Waals surface area contributed by atoms with Crippen molar-refractivity contribution >= 4 is 17.5 Å².